The number of carbonyl (C=O) groups is 3. The van der Waals surface area contributed by atoms with Crippen LogP contribution < -0.4 is 10.6 Å². The average molecular weight is 559 g/mol. The molecule has 1 aromatic carbocycles. The number of rotatable bonds is 6. The molecule has 5 rings (SSSR count). The van der Waals surface area contributed by atoms with Gasteiger partial charge in [0.15, 0.2) is 0 Å². The van der Waals surface area contributed by atoms with E-state index in [0.717, 1.165) is 24.8 Å². The minimum atomic E-state index is -0.665. The number of piperidine rings is 1. The molecule has 4 heterocycles. The van der Waals surface area contributed by atoms with Crippen LogP contribution in [-0.2, 0) is 32.0 Å². The molecule has 8 heteroatoms. The molecule has 0 unspecified atom stereocenters. The Morgan fingerprint density at radius 2 is 1.78 bits per heavy atom. The average Bonchev–Trinajstić information content (AvgIpc) is 3.00. The molecule has 0 bridgehead atoms. The molecule has 2 N–H and O–H groups in total. The predicted molar refractivity (Wildman–Crippen MR) is 157 cm³/mol. The maximum absolute atomic E-state index is 13.7. The number of hydrogen-bond donors (Lipinski definition) is 2. The van der Waals surface area contributed by atoms with E-state index < -0.39 is 11.5 Å². The summed E-state index contributed by atoms with van der Waals surface area (Å²) in [6.45, 7) is 2.33. The van der Waals surface area contributed by atoms with Crippen molar-refractivity contribution in [1.82, 2.24) is 20.5 Å². The zero-order valence-corrected chi connectivity index (χ0v) is 23.8. The summed E-state index contributed by atoms with van der Waals surface area (Å²) in [6, 6.07) is 13.1. The van der Waals surface area contributed by atoms with E-state index in [1.54, 1.807) is 12.4 Å². The fourth-order valence-corrected chi connectivity index (χ4v) is 6.36. The Balaban J connectivity index is 1.29. The zero-order chi connectivity index (χ0) is 28.5. The molecule has 1 spiro atoms. The van der Waals surface area contributed by atoms with Gasteiger partial charge < -0.3 is 20.3 Å². The van der Waals surface area contributed by atoms with E-state index in [-0.39, 0.29) is 29.7 Å². The predicted octanol–water partition coefficient (Wildman–Crippen LogP) is 3.61. The second-order valence-electron chi connectivity index (χ2n) is 11.7. The summed E-state index contributed by atoms with van der Waals surface area (Å²) in [5, 5.41) is 6.43. The van der Waals surface area contributed by atoms with Gasteiger partial charge in [0.05, 0.1) is 5.41 Å². The third-order valence-electron chi connectivity index (χ3n) is 8.97. The Kier molecular flexibility index (Phi) is 9.83. The monoisotopic (exact) mass is 558 g/mol. The number of nitrogens with one attached hydrogen (secondary N) is 2. The number of amides is 3. The quantitative estimate of drug-likeness (QED) is 0.528. The summed E-state index contributed by atoms with van der Waals surface area (Å²) in [5.74, 6) is 0.0764. The Morgan fingerprint density at radius 1 is 1.00 bits per heavy atom. The van der Waals surface area contributed by atoms with Gasteiger partial charge in [-0.1, -0.05) is 42.5 Å². The number of carbonyl (C=O) groups excluding carboxylic acids is 3. The fraction of sp³-hybridized carbons (Fsp3) is 0.515. The van der Waals surface area contributed by atoms with Crippen LogP contribution in [0.25, 0.3) is 0 Å². The van der Waals surface area contributed by atoms with Gasteiger partial charge in [-0.05, 0) is 68.2 Å². The molecule has 3 aliphatic heterocycles. The highest BCUT2D eigenvalue weighted by atomic mass is 16.5. The number of pyridine rings is 1. The first kappa shape index (κ1) is 29.0. The lowest BCUT2D eigenvalue weighted by atomic mass is 9.75. The van der Waals surface area contributed by atoms with Crippen molar-refractivity contribution in [2.75, 3.05) is 26.3 Å². The molecule has 3 atom stereocenters. The number of aryl methyl sites for hydroxylation is 1. The third kappa shape index (κ3) is 7.61. The van der Waals surface area contributed by atoms with E-state index in [1.165, 1.54) is 5.56 Å². The van der Waals surface area contributed by atoms with Crippen molar-refractivity contribution in [2.24, 2.45) is 11.3 Å². The maximum Gasteiger partial charge on any atom is 0.243 e. The Morgan fingerprint density at radius 3 is 2.56 bits per heavy atom. The molecule has 3 amide bonds. The number of likely N-dealkylation sites (tertiary alicyclic amines) is 1. The zero-order valence-electron chi connectivity index (χ0n) is 23.8. The van der Waals surface area contributed by atoms with Crippen molar-refractivity contribution < 1.29 is 19.1 Å². The van der Waals surface area contributed by atoms with Crippen LogP contribution in [0.1, 0.15) is 56.1 Å². The number of ether oxygens (including phenoxy) is 1. The maximum atomic E-state index is 13.7. The van der Waals surface area contributed by atoms with Crippen LogP contribution in [0.15, 0.2) is 67.0 Å². The number of fused-ring (bicyclic) bond motifs is 1. The number of benzene rings is 1. The van der Waals surface area contributed by atoms with Gasteiger partial charge in [-0.3, -0.25) is 19.4 Å². The normalized spacial score (nSPS) is 25.7. The van der Waals surface area contributed by atoms with Crippen LogP contribution in [-0.4, -0.2) is 66.0 Å². The van der Waals surface area contributed by atoms with E-state index in [4.69, 9.17) is 4.74 Å². The van der Waals surface area contributed by atoms with Crippen LogP contribution in [0.2, 0.25) is 0 Å². The topological polar surface area (TPSA) is 101 Å². The molecule has 1 aromatic heterocycles. The largest absolute Gasteiger partial charge is 0.381 e. The van der Waals surface area contributed by atoms with Gasteiger partial charge >= 0.3 is 0 Å². The van der Waals surface area contributed by atoms with E-state index >= 15 is 0 Å². The highest BCUT2D eigenvalue weighted by Gasteiger charge is 2.41. The molecule has 0 aliphatic carbocycles. The van der Waals surface area contributed by atoms with Gasteiger partial charge in [-0.25, -0.2) is 0 Å². The molecule has 0 radical (unpaired) electrons. The van der Waals surface area contributed by atoms with Crippen molar-refractivity contribution in [3.05, 3.63) is 78.1 Å². The smallest absolute Gasteiger partial charge is 0.243 e. The van der Waals surface area contributed by atoms with E-state index in [9.17, 15) is 14.4 Å². The second kappa shape index (κ2) is 13.9. The van der Waals surface area contributed by atoms with E-state index in [2.05, 4.69) is 27.8 Å². The second-order valence-corrected chi connectivity index (χ2v) is 11.7. The van der Waals surface area contributed by atoms with Crippen molar-refractivity contribution in [1.29, 1.82) is 0 Å². The Bertz CT molecular complexity index is 1200. The van der Waals surface area contributed by atoms with Crippen LogP contribution >= 0.6 is 0 Å². The van der Waals surface area contributed by atoms with Crippen molar-refractivity contribution >= 4 is 17.7 Å². The molecule has 41 heavy (non-hydrogen) atoms. The number of nitrogens with zero attached hydrogens (tertiary/aromatic N) is 2. The van der Waals surface area contributed by atoms with Gasteiger partial charge in [0.2, 0.25) is 17.7 Å². The van der Waals surface area contributed by atoms with E-state index in [0.29, 0.717) is 64.8 Å². The first-order valence-corrected chi connectivity index (χ1v) is 15.1. The molecule has 8 nitrogen and oxygen atoms in total. The molecule has 218 valence electrons. The highest BCUT2D eigenvalue weighted by Crippen LogP contribution is 2.36. The van der Waals surface area contributed by atoms with Crippen molar-refractivity contribution in [2.45, 2.75) is 69.9 Å². The van der Waals surface area contributed by atoms with Crippen LogP contribution in [0, 0.1) is 11.3 Å². The number of hydrogen-bond acceptors (Lipinski definition) is 5. The standard InChI is InChI=1S/C33H42N4O4/c38-30(11-6-9-25-12-18-34-19-13-25)37-20-14-28-27(24-37)10-4-5-15-33(16-21-41-22-17-33)32(40)36-29(31(39)35-28)23-26-7-2-1-3-8-26/h1-5,7-8,12-13,18-19,27-29H,6,9-11,14-17,20-24H2,(H,35,39)(H,36,40)/b5-4+/t27-,28+,29-/m1/s1. The van der Waals surface area contributed by atoms with Gasteiger partial charge in [-0.2, -0.15) is 0 Å². The highest BCUT2D eigenvalue weighted by molar-refractivity contribution is 5.90. The van der Waals surface area contributed by atoms with Crippen molar-refractivity contribution in [3.63, 3.8) is 0 Å². The van der Waals surface area contributed by atoms with Crippen molar-refractivity contribution in [3.8, 4) is 0 Å². The minimum Gasteiger partial charge on any atom is -0.381 e. The summed E-state index contributed by atoms with van der Waals surface area (Å²) in [5.41, 5.74) is 1.62. The first-order chi connectivity index (χ1) is 20.0. The van der Waals surface area contributed by atoms with Crippen LogP contribution in [0.5, 0.6) is 0 Å². The number of allylic oxidation sites excluding steroid dienone is 2. The third-order valence-corrected chi connectivity index (χ3v) is 8.97. The molecule has 0 saturated carbocycles. The van der Waals surface area contributed by atoms with E-state index in [1.807, 2.05) is 47.4 Å². The Labute approximate surface area is 242 Å². The molecular weight excluding hydrogens is 516 g/mol. The lowest BCUT2D eigenvalue weighted by molar-refractivity contribution is -0.140. The summed E-state index contributed by atoms with van der Waals surface area (Å²) < 4.78 is 5.60. The Hall–Kier alpha value is -3.52. The molecule has 2 aromatic rings. The first-order valence-electron chi connectivity index (χ1n) is 15.1. The van der Waals surface area contributed by atoms with Gasteiger partial charge in [0.25, 0.3) is 0 Å². The SMILES string of the molecule is O=C1N[C@H]2CCN(C(=O)CCCc3ccncc3)C[C@H]2C/C=C/CC2(CCOCC2)C(=O)N[C@@H]1Cc1ccccc1. The molecule has 2 fully saturated rings. The lowest BCUT2D eigenvalue weighted by Crippen LogP contribution is -2.58. The molecule has 3 aliphatic rings. The fourth-order valence-electron chi connectivity index (χ4n) is 6.36. The molecule has 2 saturated heterocycles. The molecular formula is C33H42N4O4. The van der Waals surface area contributed by atoms with Gasteiger partial charge in [0, 0.05) is 63.5 Å². The summed E-state index contributed by atoms with van der Waals surface area (Å²) in [4.78, 5) is 46.6. The summed E-state index contributed by atoms with van der Waals surface area (Å²) >= 11 is 0. The van der Waals surface area contributed by atoms with Gasteiger partial charge in [0.1, 0.15) is 6.04 Å². The minimum absolute atomic E-state index is 0.0559. The lowest BCUT2D eigenvalue weighted by Gasteiger charge is -2.40. The number of aromatic nitrogens is 1. The summed E-state index contributed by atoms with van der Waals surface area (Å²) in [6.07, 6.45) is 13.8. The van der Waals surface area contributed by atoms with Crippen LogP contribution in [0.4, 0.5) is 0 Å². The van der Waals surface area contributed by atoms with Crippen LogP contribution in [0.3, 0.4) is 0 Å². The summed E-state index contributed by atoms with van der Waals surface area (Å²) in [7, 11) is 0. The van der Waals surface area contributed by atoms with Gasteiger partial charge in [-0.15, -0.1) is 0 Å².